The lowest BCUT2D eigenvalue weighted by Gasteiger charge is -2.26. The van der Waals surface area contributed by atoms with Gasteiger partial charge in [-0.2, -0.15) is 4.98 Å². The molecule has 0 spiro atoms. The first-order valence-electron chi connectivity index (χ1n) is 7.44. The largest absolute Gasteiger partial charge is 0.337 e. The third-order valence-corrected chi connectivity index (χ3v) is 3.74. The summed E-state index contributed by atoms with van der Waals surface area (Å²) in [5, 5.41) is 7.44. The summed E-state index contributed by atoms with van der Waals surface area (Å²) < 4.78 is 5.32. The summed E-state index contributed by atoms with van der Waals surface area (Å²) in [6, 6.07) is 5.67. The zero-order valence-corrected chi connectivity index (χ0v) is 12.3. The van der Waals surface area contributed by atoms with Gasteiger partial charge in [-0.3, -0.25) is 9.88 Å². The van der Waals surface area contributed by atoms with E-state index in [0.717, 1.165) is 25.3 Å². The van der Waals surface area contributed by atoms with Crippen molar-refractivity contribution in [3.8, 4) is 11.5 Å². The summed E-state index contributed by atoms with van der Waals surface area (Å²) in [6.45, 7) is 3.98. The average Bonchev–Trinajstić information content (AvgIpc) is 2.97. The van der Waals surface area contributed by atoms with Gasteiger partial charge in [0.2, 0.25) is 11.7 Å². The van der Waals surface area contributed by atoms with Crippen LogP contribution in [0.5, 0.6) is 0 Å². The summed E-state index contributed by atoms with van der Waals surface area (Å²) >= 11 is 0. The summed E-state index contributed by atoms with van der Waals surface area (Å²) in [5.41, 5.74) is 0.742. The molecule has 3 heterocycles. The Morgan fingerprint density at radius 2 is 2.38 bits per heavy atom. The standard InChI is InChI=1S/C15H21N5O/c1-20(10-12-5-4-7-16-9-12)11-14-18-15(19-21-14)13-6-2-3-8-17-13/h2-3,6,8,12,16H,4-5,7,9-11H2,1H3. The molecule has 0 bridgehead atoms. The number of aromatic nitrogens is 3. The zero-order chi connectivity index (χ0) is 14.5. The van der Waals surface area contributed by atoms with Crippen LogP contribution >= 0.6 is 0 Å². The van der Waals surface area contributed by atoms with Gasteiger partial charge in [-0.05, 0) is 51.0 Å². The lowest BCUT2D eigenvalue weighted by atomic mass is 9.99. The predicted molar refractivity (Wildman–Crippen MR) is 79.5 cm³/mol. The van der Waals surface area contributed by atoms with E-state index in [4.69, 9.17) is 4.52 Å². The predicted octanol–water partition coefficient (Wildman–Crippen LogP) is 1.56. The summed E-state index contributed by atoms with van der Waals surface area (Å²) in [7, 11) is 2.10. The molecule has 0 amide bonds. The molecule has 0 radical (unpaired) electrons. The van der Waals surface area contributed by atoms with E-state index >= 15 is 0 Å². The first kappa shape index (κ1) is 14.2. The fourth-order valence-corrected chi connectivity index (χ4v) is 2.73. The summed E-state index contributed by atoms with van der Waals surface area (Å²) in [6.07, 6.45) is 4.29. The van der Waals surface area contributed by atoms with Crippen molar-refractivity contribution in [3.05, 3.63) is 30.3 Å². The molecule has 1 saturated heterocycles. The maximum atomic E-state index is 5.32. The van der Waals surface area contributed by atoms with E-state index in [1.807, 2.05) is 18.2 Å². The van der Waals surface area contributed by atoms with Gasteiger partial charge in [0.15, 0.2) is 0 Å². The topological polar surface area (TPSA) is 67.1 Å². The molecule has 1 fully saturated rings. The van der Waals surface area contributed by atoms with Gasteiger partial charge in [0, 0.05) is 12.7 Å². The Hall–Kier alpha value is -1.79. The van der Waals surface area contributed by atoms with Crippen molar-refractivity contribution in [2.45, 2.75) is 19.4 Å². The van der Waals surface area contributed by atoms with Crippen LogP contribution in [0.4, 0.5) is 0 Å². The molecule has 1 atom stereocenters. The van der Waals surface area contributed by atoms with Crippen LogP contribution in [-0.4, -0.2) is 46.7 Å². The highest BCUT2D eigenvalue weighted by Crippen LogP contribution is 2.15. The van der Waals surface area contributed by atoms with Gasteiger partial charge in [0.25, 0.3) is 0 Å². The van der Waals surface area contributed by atoms with Gasteiger partial charge in [-0.1, -0.05) is 11.2 Å². The van der Waals surface area contributed by atoms with Gasteiger partial charge in [0.1, 0.15) is 5.69 Å². The van der Waals surface area contributed by atoms with Crippen LogP contribution < -0.4 is 5.32 Å². The number of nitrogens with one attached hydrogen (secondary N) is 1. The minimum Gasteiger partial charge on any atom is -0.337 e. The Morgan fingerprint density at radius 3 is 3.14 bits per heavy atom. The van der Waals surface area contributed by atoms with E-state index in [2.05, 4.69) is 32.4 Å². The molecule has 1 N–H and O–H groups in total. The van der Waals surface area contributed by atoms with Crippen molar-refractivity contribution < 1.29 is 4.52 Å². The molecule has 1 aliphatic rings. The molecule has 0 saturated carbocycles. The summed E-state index contributed by atoms with van der Waals surface area (Å²) in [4.78, 5) is 10.9. The van der Waals surface area contributed by atoms with Crippen LogP contribution in [0.25, 0.3) is 11.5 Å². The normalized spacial score (nSPS) is 19.0. The quantitative estimate of drug-likeness (QED) is 0.900. The van der Waals surface area contributed by atoms with Crippen LogP contribution in [-0.2, 0) is 6.54 Å². The molecule has 112 valence electrons. The first-order chi connectivity index (χ1) is 10.3. The van der Waals surface area contributed by atoms with E-state index in [0.29, 0.717) is 24.2 Å². The van der Waals surface area contributed by atoms with Crippen LogP contribution in [0.2, 0.25) is 0 Å². The minimum atomic E-state index is 0.554. The number of piperidine rings is 1. The SMILES string of the molecule is CN(Cc1nc(-c2ccccn2)no1)CC1CCCNC1. The smallest absolute Gasteiger partial charge is 0.241 e. The van der Waals surface area contributed by atoms with Crippen molar-refractivity contribution in [1.29, 1.82) is 0 Å². The Balaban J connectivity index is 1.56. The van der Waals surface area contributed by atoms with Crippen LogP contribution in [0.3, 0.4) is 0 Å². The van der Waals surface area contributed by atoms with Crippen molar-refractivity contribution in [2.75, 3.05) is 26.7 Å². The molecular formula is C15H21N5O. The molecule has 3 rings (SSSR count). The Morgan fingerprint density at radius 1 is 1.43 bits per heavy atom. The molecule has 0 aromatic carbocycles. The van der Waals surface area contributed by atoms with E-state index < -0.39 is 0 Å². The first-order valence-corrected chi connectivity index (χ1v) is 7.44. The Kier molecular flexibility index (Phi) is 4.57. The van der Waals surface area contributed by atoms with Crippen molar-refractivity contribution >= 4 is 0 Å². The number of rotatable bonds is 5. The van der Waals surface area contributed by atoms with Gasteiger partial charge < -0.3 is 9.84 Å². The second-order valence-corrected chi connectivity index (χ2v) is 5.64. The fraction of sp³-hybridized carbons (Fsp3) is 0.533. The number of pyridine rings is 1. The molecular weight excluding hydrogens is 266 g/mol. The van der Waals surface area contributed by atoms with Crippen molar-refractivity contribution in [1.82, 2.24) is 25.3 Å². The third-order valence-electron chi connectivity index (χ3n) is 3.74. The van der Waals surface area contributed by atoms with Crippen LogP contribution in [0.15, 0.2) is 28.9 Å². The van der Waals surface area contributed by atoms with E-state index in [9.17, 15) is 0 Å². The monoisotopic (exact) mass is 287 g/mol. The second-order valence-electron chi connectivity index (χ2n) is 5.64. The number of hydrogen-bond donors (Lipinski definition) is 1. The molecule has 2 aromatic rings. The highest BCUT2D eigenvalue weighted by atomic mass is 16.5. The molecule has 0 aliphatic carbocycles. The van der Waals surface area contributed by atoms with E-state index in [1.165, 1.54) is 12.8 Å². The number of nitrogens with zero attached hydrogens (tertiary/aromatic N) is 4. The third kappa shape index (κ3) is 3.86. The second kappa shape index (κ2) is 6.78. The van der Waals surface area contributed by atoms with Crippen molar-refractivity contribution in [2.24, 2.45) is 5.92 Å². The highest BCUT2D eigenvalue weighted by Gasteiger charge is 2.17. The lowest BCUT2D eigenvalue weighted by molar-refractivity contribution is 0.213. The highest BCUT2D eigenvalue weighted by molar-refractivity contribution is 5.46. The van der Waals surface area contributed by atoms with Crippen LogP contribution in [0, 0.1) is 5.92 Å². The lowest BCUT2D eigenvalue weighted by Crippen LogP contribution is -2.36. The molecule has 6 heteroatoms. The fourth-order valence-electron chi connectivity index (χ4n) is 2.73. The number of hydrogen-bond acceptors (Lipinski definition) is 6. The maximum Gasteiger partial charge on any atom is 0.241 e. The molecule has 6 nitrogen and oxygen atoms in total. The molecule has 2 aromatic heterocycles. The summed E-state index contributed by atoms with van der Waals surface area (Å²) in [5.74, 6) is 1.90. The molecule has 21 heavy (non-hydrogen) atoms. The van der Waals surface area contributed by atoms with Crippen molar-refractivity contribution in [3.63, 3.8) is 0 Å². The average molecular weight is 287 g/mol. The molecule has 1 unspecified atom stereocenters. The van der Waals surface area contributed by atoms with Crippen LogP contribution in [0.1, 0.15) is 18.7 Å². The molecule has 1 aliphatic heterocycles. The van der Waals surface area contributed by atoms with E-state index in [1.54, 1.807) is 6.20 Å². The zero-order valence-electron chi connectivity index (χ0n) is 12.3. The van der Waals surface area contributed by atoms with Gasteiger partial charge in [-0.15, -0.1) is 0 Å². The minimum absolute atomic E-state index is 0.554. The van der Waals surface area contributed by atoms with Gasteiger partial charge in [-0.25, -0.2) is 0 Å². The van der Waals surface area contributed by atoms with E-state index in [-0.39, 0.29) is 0 Å². The van der Waals surface area contributed by atoms with Gasteiger partial charge >= 0.3 is 0 Å². The maximum absolute atomic E-state index is 5.32. The Bertz CT molecular complexity index is 550. The van der Waals surface area contributed by atoms with Gasteiger partial charge in [0.05, 0.1) is 6.54 Å². The Labute approximate surface area is 124 Å².